The van der Waals surface area contributed by atoms with E-state index in [2.05, 4.69) is 20.8 Å². The zero-order valence-corrected chi connectivity index (χ0v) is 16.6. The molecule has 0 amide bonds. The molecule has 0 radical (unpaired) electrons. The first-order chi connectivity index (χ1) is 11.5. The van der Waals surface area contributed by atoms with E-state index in [-0.39, 0.29) is 22.3 Å². The van der Waals surface area contributed by atoms with Crippen LogP contribution in [0.2, 0.25) is 0 Å². The molecule has 0 bridgehead atoms. The van der Waals surface area contributed by atoms with Crippen LogP contribution in [0.4, 0.5) is 0 Å². The predicted octanol–water partition coefficient (Wildman–Crippen LogP) is 4.96. The summed E-state index contributed by atoms with van der Waals surface area (Å²) in [4.78, 5) is 0.205. The van der Waals surface area contributed by atoms with Gasteiger partial charge in [-0.1, -0.05) is 77.1 Å². The van der Waals surface area contributed by atoms with Crippen molar-refractivity contribution in [3.63, 3.8) is 0 Å². The fraction of sp³-hybridized carbons (Fsp3) is 0.429. The van der Waals surface area contributed by atoms with Gasteiger partial charge in [-0.2, -0.15) is 8.42 Å². The van der Waals surface area contributed by atoms with Crippen molar-refractivity contribution in [2.24, 2.45) is 5.41 Å². The molecule has 0 spiro atoms. The molecular weight excluding hydrogens is 332 g/mol. The van der Waals surface area contributed by atoms with Crippen molar-refractivity contribution in [3.05, 3.63) is 65.7 Å². The van der Waals surface area contributed by atoms with Gasteiger partial charge in [-0.15, -0.1) is 0 Å². The van der Waals surface area contributed by atoms with Gasteiger partial charge in [0.2, 0.25) is 0 Å². The van der Waals surface area contributed by atoms with Crippen molar-refractivity contribution in [2.45, 2.75) is 51.3 Å². The Kier molecular flexibility index (Phi) is 5.75. The third-order valence-electron chi connectivity index (χ3n) is 4.14. The Morgan fingerprint density at radius 2 is 1.40 bits per heavy atom. The summed E-state index contributed by atoms with van der Waals surface area (Å²) < 4.78 is 30.3. The van der Waals surface area contributed by atoms with Crippen molar-refractivity contribution in [2.75, 3.05) is 6.61 Å². The highest BCUT2D eigenvalue weighted by Gasteiger charge is 2.24. The molecule has 0 aromatic heterocycles. The molecule has 0 heterocycles. The van der Waals surface area contributed by atoms with Gasteiger partial charge in [-0.25, -0.2) is 0 Å². The van der Waals surface area contributed by atoms with Crippen molar-refractivity contribution < 1.29 is 12.6 Å². The summed E-state index contributed by atoms with van der Waals surface area (Å²) >= 11 is 0. The molecule has 0 aliphatic carbocycles. The molecule has 0 atom stereocenters. The SMILES string of the molecule is CC(C)(COS(=O)(=O)c1ccc(C(C)(C)C)cc1)Cc1ccccc1. The third kappa shape index (κ3) is 5.68. The minimum absolute atomic E-state index is 0.0131. The van der Waals surface area contributed by atoms with Crippen molar-refractivity contribution in [1.29, 1.82) is 0 Å². The topological polar surface area (TPSA) is 43.4 Å². The van der Waals surface area contributed by atoms with Gasteiger partial charge >= 0.3 is 0 Å². The van der Waals surface area contributed by atoms with Crippen LogP contribution in [0.1, 0.15) is 45.7 Å². The maximum Gasteiger partial charge on any atom is 0.296 e. The molecule has 25 heavy (non-hydrogen) atoms. The molecule has 136 valence electrons. The van der Waals surface area contributed by atoms with Gasteiger partial charge in [0.15, 0.2) is 0 Å². The van der Waals surface area contributed by atoms with Crippen LogP contribution in [0.15, 0.2) is 59.5 Å². The van der Waals surface area contributed by atoms with Gasteiger partial charge < -0.3 is 0 Å². The molecule has 0 aliphatic rings. The molecule has 2 aromatic carbocycles. The van der Waals surface area contributed by atoms with Crippen LogP contribution in [0.5, 0.6) is 0 Å². The number of hydrogen-bond acceptors (Lipinski definition) is 3. The summed E-state index contributed by atoms with van der Waals surface area (Å²) in [6, 6.07) is 17.0. The van der Waals surface area contributed by atoms with E-state index in [1.54, 1.807) is 12.1 Å². The van der Waals surface area contributed by atoms with E-state index in [4.69, 9.17) is 4.18 Å². The normalized spacial score (nSPS) is 13.0. The fourth-order valence-corrected chi connectivity index (χ4v) is 3.71. The predicted molar refractivity (Wildman–Crippen MR) is 102 cm³/mol. The van der Waals surface area contributed by atoms with Crippen LogP contribution >= 0.6 is 0 Å². The van der Waals surface area contributed by atoms with Crippen LogP contribution in [0, 0.1) is 5.41 Å². The minimum Gasteiger partial charge on any atom is -0.266 e. The van der Waals surface area contributed by atoms with Gasteiger partial charge in [0.1, 0.15) is 0 Å². The summed E-state index contributed by atoms with van der Waals surface area (Å²) in [6.45, 7) is 10.5. The zero-order valence-electron chi connectivity index (χ0n) is 15.7. The van der Waals surface area contributed by atoms with Crippen LogP contribution < -0.4 is 0 Å². The zero-order chi connectivity index (χ0) is 18.7. The van der Waals surface area contributed by atoms with E-state index in [0.29, 0.717) is 0 Å². The lowest BCUT2D eigenvalue weighted by Gasteiger charge is -2.24. The van der Waals surface area contributed by atoms with Crippen LogP contribution in [-0.2, 0) is 26.1 Å². The first-order valence-electron chi connectivity index (χ1n) is 8.54. The van der Waals surface area contributed by atoms with E-state index in [0.717, 1.165) is 12.0 Å². The van der Waals surface area contributed by atoms with Crippen molar-refractivity contribution in [1.82, 2.24) is 0 Å². The molecule has 4 heteroatoms. The first-order valence-corrected chi connectivity index (χ1v) is 9.94. The fourth-order valence-electron chi connectivity index (χ4n) is 2.63. The van der Waals surface area contributed by atoms with Crippen LogP contribution in [0.25, 0.3) is 0 Å². The van der Waals surface area contributed by atoms with Crippen molar-refractivity contribution >= 4 is 10.1 Å². The largest absolute Gasteiger partial charge is 0.296 e. The Labute approximate surface area is 152 Å². The Balaban J connectivity index is 2.05. The second-order valence-electron chi connectivity index (χ2n) is 8.32. The number of rotatable bonds is 6. The Hall–Kier alpha value is -1.65. The van der Waals surface area contributed by atoms with Crippen LogP contribution in [0.3, 0.4) is 0 Å². The monoisotopic (exact) mass is 360 g/mol. The van der Waals surface area contributed by atoms with E-state index >= 15 is 0 Å². The molecule has 0 saturated heterocycles. The number of hydrogen-bond donors (Lipinski definition) is 0. The Morgan fingerprint density at radius 3 is 1.92 bits per heavy atom. The van der Waals surface area contributed by atoms with Gasteiger partial charge in [-0.05, 0) is 40.5 Å². The van der Waals surface area contributed by atoms with E-state index in [9.17, 15) is 8.42 Å². The van der Waals surface area contributed by atoms with Crippen LogP contribution in [-0.4, -0.2) is 15.0 Å². The molecule has 2 rings (SSSR count). The molecule has 0 fully saturated rings. The second-order valence-corrected chi connectivity index (χ2v) is 9.93. The van der Waals surface area contributed by atoms with E-state index < -0.39 is 10.1 Å². The lowest BCUT2D eigenvalue weighted by atomic mass is 9.87. The highest BCUT2D eigenvalue weighted by atomic mass is 32.2. The summed E-state index contributed by atoms with van der Waals surface area (Å²) in [5, 5.41) is 0. The van der Waals surface area contributed by atoms with Gasteiger partial charge in [-0.3, -0.25) is 4.18 Å². The third-order valence-corrected chi connectivity index (χ3v) is 5.42. The van der Waals surface area contributed by atoms with Gasteiger partial charge in [0.25, 0.3) is 10.1 Å². The molecule has 0 aliphatic heterocycles. The second kappa shape index (κ2) is 7.30. The first kappa shape index (κ1) is 19.7. The standard InChI is InChI=1S/C21H28O3S/c1-20(2,3)18-11-13-19(14-12-18)25(22,23)24-16-21(4,5)15-17-9-7-6-8-10-17/h6-14H,15-16H2,1-5H3. The molecule has 2 aromatic rings. The van der Waals surface area contributed by atoms with Gasteiger partial charge in [0, 0.05) is 0 Å². The molecule has 0 N–H and O–H groups in total. The smallest absolute Gasteiger partial charge is 0.266 e. The highest BCUT2D eigenvalue weighted by Crippen LogP contribution is 2.26. The highest BCUT2D eigenvalue weighted by molar-refractivity contribution is 7.86. The quantitative estimate of drug-likeness (QED) is 0.684. The maximum atomic E-state index is 12.5. The molecule has 0 saturated carbocycles. The van der Waals surface area contributed by atoms with E-state index in [1.807, 2.05) is 56.3 Å². The summed E-state index contributed by atoms with van der Waals surface area (Å²) in [7, 11) is -3.75. The summed E-state index contributed by atoms with van der Waals surface area (Å²) in [5.41, 5.74) is 1.97. The van der Waals surface area contributed by atoms with Crippen molar-refractivity contribution in [3.8, 4) is 0 Å². The molecule has 3 nitrogen and oxygen atoms in total. The van der Waals surface area contributed by atoms with Gasteiger partial charge in [0.05, 0.1) is 11.5 Å². The Morgan fingerprint density at radius 1 is 0.840 bits per heavy atom. The summed E-state index contributed by atoms with van der Waals surface area (Å²) in [5.74, 6) is 0. The lowest BCUT2D eigenvalue weighted by Crippen LogP contribution is -2.24. The number of benzene rings is 2. The molecular formula is C21H28O3S. The Bertz CT molecular complexity index is 783. The maximum absolute atomic E-state index is 12.5. The average molecular weight is 361 g/mol. The minimum atomic E-state index is -3.75. The summed E-state index contributed by atoms with van der Waals surface area (Å²) in [6.07, 6.45) is 0.756. The lowest BCUT2D eigenvalue weighted by molar-refractivity contribution is 0.185. The van der Waals surface area contributed by atoms with E-state index in [1.165, 1.54) is 5.56 Å². The average Bonchev–Trinajstić information content (AvgIpc) is 2.53. The molecule has 0 unspecified atom stereocenters.